The van der Waals surface area contributed by atoms with E-state index in [4.69, 9.17) is 0 Å². The van der Waals surface area contributed by atoms with Gasteiger partial charge in [0.15, 0.2) is 0 Å². The second-order valence-corrected chi connectivity index (χ2v) is 8.37. The van der Waals surface area contributed by atoms with Crippen LogP contribution in [0.5, 0.6) is 0 Å². The molecule has 1 aliphatic heterocycles. The van der Waals surface area contributed by atoms with Gasteiger partial charge >= 0.3 is 0 Å². The maximum atomic E-state index is 12.4. The Hall–Kier alpha value is -2.14. The van der Waals surface area contributed by atoms with Crippen LogP contribution in [0.1, 0.15) is 46.8 Å². The summed E-state index contributed by atoms with van der Waals surface area (Å²) in [6.07, 6.45) is 2.09. The third-order valence-electron chi connectivity index (χ3n) is 6.22. The Labute approximate surface area is 161 Å². The van der Waals surface area contributed by atoms with E-state index in [0.29, 0.717) is 5.92 Å². The second-order valence-electron chi connectivity index (χ2n) is 8.37. The molecule has 2 atom stereocenters. The first-order chi connectivity index (χ1) is 12.9. The summed E-state index contributed by atoms with van der Waals surface area (Å²) in [6, 6.07) is 8.97. The molecule has 1 aromatic carbocycles. The number of nitrogens with one attached hydrogen (secondary N) is 1. The van der Waals surface area contributed by atoms with E-state index in [2.05, 4.69) is 60.4 Å². The zero-order valence-corrected chi connectivity index (χ0v) is 16.8. The van der Waals surface area contributed by atoms with Crippen LogP contribution < -0.4 is 5.32 Å². The number of likely N-dealkylation sites (tertiary alicyclic amines) is 1. The molecule has 27 heavy (non-hydrogen) atoms. The van der Waals surface area contributed by atoms with E-state index in [0.717, 1.165) is 38.2 Å². The highest BCUT2D eigenvalue weighted by Crippen LogP contribution is 2.33. The van der Waals surface area contributed by atoms with Crippen molar-refractivity contribution in [1.82, 2.24) is 20.0 Å². The van der Waals surface area contributed by atoms with Crippen molar-refractivity contribution in [3.05, 3.63) is 52.3 Å². The summed E-state index contributed by atoms with van der Waals surface area (Å²) in [6.45, 7) is 9.09. The minimum Gasteiger partial charge on any atom is -0.351 e. The molecule has 5 nitrogen and oxygen atoms in total. The molecule has 0 radical (unpaired) electrons. The maximum Gasteiger partial charge on any atom is 0.223 e. The van der Waals surface area contributed by atoms with Crippen LogP contribution >= 0.6 is 0 Å². The third-order valence-corrected chi connectivity index (χ3v) is 6.22. The molecule has 2 aliphatic rings. The van der Waals surface area contributed by atoms with Crippen molar-refractivity contribution in [3.63, 3.8) is 0 Å². The average Bonchev–Trinajstić information content (AvgIpc) is 3.37. The Kier molecular flexibility index (Phi) is 4.81. The molecule has 1 N–H and O–H groups in total. The largest absolute Gasteiger partial charge is 0.351 e. The molecule has 0 bridgehead atoms. The van der Waals surface area contributed by atoms with Crippen LogP contribution in [-0.2, 0) is 18.4 Å². The highest BCUT2D eigenvalue weighted by Gasteiger charge is 2.38. The van der Waals surface area contributed by atoms with E-state index < -0.39 is 0 Å². The number of hydrogen-bond donors (Lipinski definition) is 1. The van der Waals surface area contributed by atoms with Gasteiger partial charge in [0, 0.05) is 55.8 Å². The monoisotopic (exact) mass is 366 g/mol. The van der Waals surface area contributed by atoms with Gasteiger partial charge in [-0.1, -0.05) is 29.8 Å². The zero-order valence-electron chi connectivity index (χ0n) is 16.8. The van der Waals surface area contributed by atoms with Gasteiger partial charge in [0.05, 0.1) is 5.69 Å². The van der Waals surface area contributed by atoms with E-state index in [1.165, 1.54) is 22.4 Å². The molecule has 2 fully saturated rings. The molecular formula is C22H30N4O. The quantitative estimate of drug-likeness (QED) is 0.885. The van der Waals surface area contributed by atoms with Crippen molar-refractivity contribution in [2.24, 2.45) is 13.0 Å². The molecule has 0 unspecified atom stereocenters. The van der Waals surface area contributed by atoms with Crippen molar-refractivity contribution in [1.29, 1.82) is 0 Å². The van der Waals surface area contributed by atoms with Crippen molar-refractivity contribution in [3.8, 4) is 0 Å². The van der Waals surface area contributed by atoms with Crippen LogP contribution in [0.3, 0.4) is 0 Å². The van der Waals surface area contributed by atoms with E-state index in [9.17, 15) is 4.79 Å². The Morgan fingerprint density at radius 2 is 1.85 bits per heavy atom. The first-order valence-electron chi connectivity index (χ1n) is 10.0. The molecule has 1 amide bonds. The summed E-state index contributed by atoms with van der Waals surface area (Å²) in [5, 5.41) is 7.91. The van der Waals surface area contributed by atoms with E-state index in [1.807, 2.05) is 11.7 Å². The van der Waals surface area contributed by atoms with E-state index >= 15 is 0 Å². The molecule has 4 rings (SSSR count). The Bertz CT molecular complexity index is 835. The van der Waals surface area contributed by atoms with Crippen LogP contribution in [0.15, 0.2) is 24.3 Å². The summed E-state index contributed by atoms with van der Waals surface area (Å²) < 4.78 is 1.96. The van der Waals surface area contributed by atoms with Crippen LogP contribution in [0.25, 0.3) is 0 Å². The fraction of sp³-hybridized carbons (Fsp3) is 0.545. The highest BCUT2D eigenvalue weighted by atomic mass is 16.2. The van der Waals surface area contributed by atoms with Crippen molar-refractivity contribution < 1.29 is 4.79 Å². The van der Waals surface area contributed by atoms with Gasteiger partial charge < -0.3 is 5.32 Å². The summed E-state index contributed by atoms with van der Waals surface area (Å²) in [7, 11) is 2.00. The SMILES string of the molecule is Cc1ccc([C@H]2CN(Cc3c(C)nn(C)c3C)C[C@@H]2NC(=O)C2CC2)cc1. The molecule has 5 heteroatoms. The number of carbonyl (C=O) groups excluding carboxylic acids is 1. The molecule has 2 heterocycles. The number of aryl methyl sites for hydroxylation is 3. The summed E-state index contributed by atoms with van der Waals surface area (Å²) in [4.78, 5) is 14.9. The zero-order chi connectivity index (χ0) is 19.1. The van der Waals surface area contributed by atoms with Gasteiger partial charge in [-0.05, 0) is 39.2 Å². The highest BCUT2D eigenvalue weighted by molar-refractivity contribution is 5.81. The van der Waals surface area contributed by atoms with Crippen LogP contribution in [0.2, 0.25) is 0 Å². The number of carbonyl (C=O) groups is 1. The fourth-order valence-electron chi connectivity index (χ4n) is 4.23. The Morgan fingerprint density at radius 1 is 1.15 bits per heavy atom. The number of aromatic nitrogens is 2. The van der Waals surface area contributed by atoms with Crippen molar-refractivity contribution >= 4 is 5.91 Å². The molecule has 1 saturated carbocycles. The first-order valence-corrected chi connectivity index (χ1v) is 10.0. The second kappa shape index (κ2) is 7.12. The number of nitrogens with zero attached hydrogens (tertiary/aromatic N) is 3. The van der Waals surface area contributed by atoms with Gasteiger partial charge in [0.2, 0.25) is 5.91 Å². The number of rotatable bonds is 5. The molecule has 0 spiro atoms. The molecule has 144 valence electrons. The lowest BCUT2D eigenvalue weighted by atomic mass is 9.93. The standard InChI is InChI=1S/C22H30N4O/c1-14-5-7-17(8-6-14)20-12-26(11-19-15(2)24-25(4)16(19)3)13-21(20)23-22(27)18-9-10-18/h5-8,18,20-21H,9-13H2,1-4H3,(H,23,27)/t20-,21+/m1/s1. The first kappa shape index (κ1) is 18.2. The number of hydrogen-bond acceptors (Lipinski definition) is 3. The lowest BCUT2D eigenvalue weighted by Crippen LogP contribution is -2.40. The molecule has 1 saturated heterocycles. The number of amides is 1. The Balaban J connectivity index is 1.54. The predicted octanol–water partition coefficient (Wildman–Crippen LogP) is 2.84. The van der Waals surface area contributed by atoms with Gasteiger partial charge in [0.25, 0.3) is 0 Å². The van der Waals surface area contributed by atoms with E-state index in [-0.39, 0.29) is 17.9 Å². The minimum atomic E-state index is 0.179. The van der Waals surface area contributed by atoms with Gasteiger partial charge in [-0.15, -0.1) is 0 Å². The lowest BCUT2D eigenvalue weighted by molar-refractivity contribution is -0.123. The van der Waals surface area contributed by atoms with Crippen LogP contribution in [0.4, 0.5) is 0 Å². The Morgan fingerprint density at radius 3 is 2.44 bits per heavy atom. The molecule has 1 aliphatic carbocycles. The van der Waals surface area contributed by atoms with E-state index in [1.54, 1.807) is 0 Å². The van der Waals surface area contributed by atoms with Crippen LogP contribution in [-0.4, -0.2) is 39.7 Å². The topological polar surface area (TPSA) is 50.2 Å². The van der Waals surface area contributed by atoms with Crippen molar-refractivity contribution in [2.75, 3.05) is 13.1 Å². The smallest absolute Gasteiger partial charge is 0.223 e. The van der Waals surface area contributed by atoms with Gasteiger partial charge in [-0.25, -0.2) is 0 Å². The van der Waals surface area contributed by atoms with Gasteiger partial charge in [-0.3, -0.25) is 14.4 Å². The normalized spacial score (nSPS) is 23.0. The average molecular weight is 367 g/mol. The van der Waals surface area contributed by atoms with Crippen molar-refractivity contribution in [2.45, 2.75) is 52.1 Å². The summed E-state index contributed by atoms with van der Waals surface area (Å²) in [5.41, 5.74) is 6.24. The fourth-order valence-corrected chi connectivity index (χ4v) is 4.23. The van der Waals surface area contributed by atoms with Crippen LogP contribution in [0, 0.1) is 26.7 Å². The maximum absolute atomic E-state index is 12.4. The minimum absolute atomic E-state index is 0.179. The number of benzene rings is 1. The molecule has 2 aromatic rings. The third kappa shape index (κ3) is 3.79. The summed E-state index contributed by atoms with van der Waals surface area (Å²) >= 11 is 0. The molecule has 1 aromatic heterocycles. The molecular weight excluding hydrogens is 336 g/mol. The van der Waals surface area contributed by atoms with Gasteiger partial charge in [-0.2, -0.15) is 5.10 Å². The lowest BCUT2D eigenvalue weighted by Gasteiger charge is -2.20. The summed E-state index contributed by atoms with van der Waals surface area (Å²) in [5.74, 6) is 0.832. The predicted molar refractivity (Wildman–Crippen MR) is 107 cm³/mol. The van der Waals surface area contributed by atoms with Gasteiger partial charge in [0.1, 0.15) is 0 Å².